The first-order chi connectivity index (χ1) is 10.1. The summed E-state index contributed by atoms with van der Waals surface area (Å²) in [6.07, 6.45) is 4.94. The van der Waals surface area contributed by atoms with Gasteiger partial charge in [-0.2, -0.15) is 0 Å². The molecule has 2 aromatic rings. The average molecular weight is 412 g/mol. The molecule has 0 saturated carbocycles. The minimum absolute atomic E-state index is 0. The van der Waals surface area contributed by atoms with E-state index in [9.17, 15) is 0 Å². The van der Waals surface area contributed by atoms with Crippen molar-refractivity contribution < 1.29 is 0 Å². The lowest BCUT2D eigenvalue weighted by Crippen LogP contribution is -2.24. The van der Waals surface area contributed by atoms with Gasteiger partial charge in [0.25, 0.3) is 0 Å². The number of aromatic nitrogens is 2. The summed E-state index contributed by atoms with van der Waals surface area (Å²) in [6, 6.07) is 6.18. The Kier molecular flexibility index (Phi) is 7.58. The maximum atomic E-state index is 5.87. The molecule has 7 heteroatoms. The Morgan fingerprint density at radius 2 is 1.91 bits per heavy atom. The van der Waals surface area contributed by atoms with E-state index in [0.717, 1.165) is 11.5 Å². The van der Waals surface area contributed by atoms with Crippen LogP contribution in [0.15, 0.2) is 41.8 Å². The summed E-state index contributed by atoms with van der Waals surface area (Å²) in [6.45, 7) is 5.31. The van der Waals surface area contributed by atoms with Crippen LogP contribution in [0, 0.1) is 13.8 Å². The number of hydrogen-bond donors (Lipinski definition) is 3. The van der Waals surface area contributed by atoms with E-state index in [-0.39, 0.29) is 24.0 Å². The number of anilines is 2. The molecule has 6 nitrogen and oxygen atoms in total. The Morgan fingerprint density at radius 1 is 1.18 bits per heavy atom. The number of rotatable bonds is 5. The topological polar surface area (TPSA) is 88.2 Å². The van der Waals surface area contributed by atoms with E-state index in [4.69, 9.17) is 5.73 Å². The monoisotopic (exact) mass is 412 g/mol. The van der Waals surface area contributed by atoms with Gasteiger partial charge in [0.1, 0.15) is 5.82 Å². The lowest BCUT2D eigenvalue weighted by atomic mass is 10.1. The second-order valence-corrected chi connectivity index (χ2v) is 4.79. The van der Waals surface area contributed by atoms with Crippen LogP contribution in [0.5, 0.6) is 0 Å². The van der Waals surface area contributed by atoms with Crippen molar-refractivity contribution in [1.82, 2.24) is 9.97 Å². The first-order valence-electron chi connectivity index (χ1n) is 6.78. The van der Waals surface area contributed by atoms with Crippen molar-refractivity contribution in [3.8, 4) is 0 Å². The molecule has 0 aliphatic heterocycles. The van der Waals surface area contributed by atoms with E-state index in [1.54, 1.807) is 18.6 Å². The smallest absolute Gasteiger partial charge is 0.193 e. The van der Waals surface area contributed by atoms with Gasteiger partial charge in [0.05, 0.1) is 12.7 Å². The second kappa shape index (κ2) is 9.19. The van der Waals surface area contributed by atoms with Gasteiger partial charge in [-0.3, -0.25) is 9.98 Å². The second-order valence-electron chi connectivity index (χ2n) is 4.79. The molecule has 0 atom stereocenters. The molecule has 118 valence electrons. The van der Waals surface area contributed by atoms with Crippen molar-refractivity contribution in [2.24, 2.45) is 10.7 Å². The molecule has 0 spiro atoms. The van der Waals surface area contributed by atoms with Crippen molar-refractivity contribution in [1.29, 1.82) is 0 Å². The van der Waals surface area contributed by atoms with Crippen LogP contribution in [-0.2, 0) is 0 Å². The van der Waals surface area contributed by atoms with Crippen molar-refractivity contribution in [2.75, 3.05) is 23.7 Å². The predicted molar refractivity (Wildman–Crippen MR) is 102 cm³/mol. The van der Waals surface area contributed by atoms with Crippen molar-refractivity contribution >= 4 is 41.4 Å². The molecule has 4 N–H and O–H groups in total. The van der Waals surface area contributed by atoms with E-state index >= 15 is 0 Å². The van der Waals surface area contributed by atoms with Crippen molar-refractivity contribution in [2.45, 2.75) is 13.8 Å². The number of hydrogen-bond acceptors (Lipinski definition) is 4. The Bertz CT molecular complexity index is 594. The van der Waals surface area contributed by atoms with E-state index in [0.29, 0.717) is 19.0 Å². The Morgan fingerprint density at radius 3 is 2.55 bits per heavy atom. The lowest BCUT2D eigenvalue weighted by Gasteiger charge is -2.08. The summed E-state index contributed by atoms with van der Waals surface area (Å²) in [7, 11) is 0. The fourth-order valence-corrected chi connectivity index (χ4v) is 1.98. The number of aliphatic imine (C=N–C) groups is 1. The van der Waals surface area contributed by atoms with Gasteiger partial charge in [-0.1, -0.05) is 6.07 Å². The number of nitrogens with one attached hydrogen (secondary N) is 2. The van der Waals surface area contributed by atoms with E-state index < -0.39 is 0 Å². The molecule has 0 radical (unpaired) electrons. The molecule has 1 aromatic carbocycles. The van der Waals surface area contributed by atoms with Crippen molar-refractivity contribution in [3.05, 3.63) is 47.9 Å². The fourth-order valence-electron chi connectivity index (χ4n) is 1.98. The number of halogens is 1. The third-order valence-corrected chi connectivity index (χ3v) is 2.76. The van der Waals surface area contributed by atoms with Gasteiger partial charge in [-0.05, 0) is 37.1 Å². The van der Waals surface area contributed by atoms with Crippen LogP contribution in [0.2, 0.25) is 0 Å². The molecule has 0 aliphatic carbocycles. The first-order valence-corrected chi connectivity index (χ1v) is 6.78. The Hall–Kier alpha value is -1.90. The zero-order valence-corrected chi connectivity index (χ0v) is 15.0. The molecule has 0 aliphatic rings. The normalized spacial score (nSPS) is 10.7. The zero-order valence-electron chi connectivity index (χ0n) is 12.7. The third-order valence-electron chi connectivity index (χ3n) is 2.76. The molecule has 0 saturated heterocycles. The largest absolute Gasteiger partial charge is 0.370 e. The lowest BCUT2D eigenvalue weighted by molar-refractivity contribution is 1.000. The molecule has 0 fully saturated rings. The summed E-state index contributed by atoms with van der Waals surface area (Å²) >= 11 is 0. The minimum atomic E-state index is 0. The van der Waals surface area contributed by atoms with Crippen LogP contribution >= 0.6 is 24.0 Å². The standard InChI is InChI=1S/C15H20N6.HI/c1-11-7-12(2)9-13(8-11)21-15(16)20-6-5-19-14-10-17-3-4-18-14;/h3-4,7-10H,5-6H2,1-2H3,(H,18,19)(H3,16,20,21);1H. The van der Waals surface area contributed by atoms with E-state index in [1.807, 2.05) is 12.1 Å². The molecular formula is C15H21IN6. The number of nitrogens with two attached hydrogens (primary N) is 1. The highest BCUT2D eigenvalue weighted by atomic mass is 127. The fraction of sp³-hybridized carbons (Fsp3) is 0.267. The zero-order chi connectivity index (χ0) is 15.1. The van der Waals surface area contributed by atoms with Crippen LogP contribution in [0.3, 0.4) is 0 Å². The molecule has 0 unspecified atom stereocenters. The minimum Gasteiger partial charge on any atom is -0.370 e. The Labute approximate surface area is 147 Å². The number of aryl methyl sites for hydroxylation is 2. The molecule has 0 bridgehead atoms. The van der Waals surface area contributed by atoms with E-state index in [2.05, 4.69) is 45.5 Å². The van der Waals surface area contributed by atoms with Gasteiger partial charge in [0, 0.05) is 24.6 Å². The molecule has 1 aromatic heterocycles. The maximum absolute atomic E-state index is 5.87. The molecule has 2 rings (SSSR count). The van der Waals surface area contributed by atoms with Crippen LogP contribution in [0.4, 0.5) is 11.5 Å². The van der Waals surface area contributed by atoms with Gasteiger partial charge in [0.15, 0.2) is 5.96 Å². The maximum Gasteiger partial charge on any atom is 0.193 e. The summed E-state index contributed by atoms with van der Waals surface area (Å²) in [5, 5.41) is 6.21. The SMILES string of the molecule is Cc1cc(C)cc(NC(N)=NCCNc2cnccn2)c1.I. The molecular weight excluding hydrogens is 391 g/mol. The molecule has 0 amide bonds. The summed E-state index contributed by atoms with van der Waals surface area (Å²) in [4.78, 5) is 12.4. The first kappa shape index (κ1) is 18.1. The van der Waals surface area contributed by atoms with Crippen molar-refractivity contribution in [3.63, 3.8) is 0 Å². The highest BCUT2D eigenvalue weighted by molar-refractivity contribution is 14.0. The molecule has 22 heavy (non-hydrogen) atoms. The van der Waals surface area contributed by atoms with Gasteiger partial charge < -0.3 is 16.4 Å². The van der Waals surface area contributed by atoms with Gasteiger partial charge in [0.2, 0.25) is 0 Å². The number of guanidine groups is 1. The van der Waals surface area contributed by atoms with Crippen LogP contribution in [0.1, 0.15) is 11.1 Å². The number of nitrogens with zero attached hydrogens (tertiary/aromatic N) is 3. The van der Waals surface area contributed by atoms with Gasteiger partial charge >= 0.3 is 0 Å². The van der Waals surface area contributed by atoms with Crippen LogP contribution < -0.4 is 16.4 Å². The summed E-state index contributed by atoms with van der Waals surface area (Å²) in [5.41, 5.74) is 9.20. The highest BCUT2D eigenvalue weighted by Gasteiger charge is 1.97. The third kappa shape index (κ3) is 6.25. The molecule has 1 heterocycles. The van der Waals surface area contributed by atoms with Gasteiger partial charge in [-0.15, -0.1) is 24.0 Å². The summed E-state index contributed by atoms with van der Waals surface area (Å²) in [5.74, 6) is 1.13. The predicted octanol–water partition coefficient (Wildman–Crippen LogP) is 2.55. The quantitative estimate of drug-likeness (QED) is 0.304. The number of benzene rings is 1. The highest BCUT2D eigenvalue weighted by Crippen LogP contribution is 2.13. The van der Waals surface area contributed by atoms with Crippen LogP contribution in [0.25, 0.3) is 0 Å². The average Bonchev–Trinajstić information content (AvgIpc) is 2.43. The Balaban J connectivity index is 0.00000242. The van der Waals surface area contributed by atoms with Crippen LogP contribution in [-0.4, -0.2) is 29.0 Å². The van der Waals surface area contributed by atoms with E-state index in [1.165, 1.54) is 11.1 Å². The summed E-state index contributed by atoms with van der Waals surface area (Å²) < 4.78 is 0. The van der Waals surface area contributed by atoms with Gasteiger partial charge in [-0.25, -0.2) is 4.98 Å².